The van der Waals surface area contributed by atoms with Gasteiger partial charge in [0, 0.05) is 5.92 Å². The van der Waals surface area contributed by atoms with Gasteiger partial charge >= 0.3 is 6.09 Å². The molecule has 3 unspecified atom stereocenters. The number of carbonyl (C=O) groups is 1. The number of carbonyl (C=O) groups excluding carboxylic acids is 1. The van der Waals surface area contributed by atoms with Crippen molar-refractivity contribution in [2.45, 2.75) is 50.2 Å². The normalized spacial score (nSPS) is 35.3. The van der Waals surface area contributed by atoms with E-state index < -0.39 is 0 Å². The number of hydrogen-bond acceptors (Lipinski definition) is 2. The molecule has 1 amide bonds. The maximum Gasteiger partial charge on any atom is 0.408 e. The van der Waals surface area contributed by atoms with Crippen molar-refractivity contribution in [1.29, 1.82) is 0 Å². The number of nitrogens with one attached hydrogen (secondary N) is 1. The first kappa shape index (κ1) is 11.6. The van der Waals surface area contributed by atoms with E-state index in [0.717, 1.165) is 19.3 Å². The SMILES string of the molecule is CC1NC(=O)OC12CCCCC2c1ccccc1. The summed E-state index contributed by atoms with van der Waals surface area (Å²) in [5.41, 5.74) is 0.956. The van der Waals surface area contributed by atoms with Crippen molar-refractivity contribution >= 4 is 6.09 Å². The predicted molar refractivity (Wildman–Crippen MR) is 69.5 cm³/mol. The topological polar surface area (TPSA) is 38.3 Å². The van der Waals surface area contributed by atoms with Gasteiger partial charge in [0.15, 0.2) is 0 Å². The van der Waals surface area contributed by atoms with Crippen LogP contribution in [0.1, 0.15) is 44.1 Å². The van der Waals surface area contributed by atoms with Gasteiger partial charge in [-0.3, -0.25) is 0 Å². The van der Waals surface area contributed by atoms with E-state index in [1.54, 1.807) is 0 Å². The Hall–Kier alpha value is -1.51. The molecule has 0 bridgehead atoms. The van der Waals surface area contributed by atoms with E-state index in [1.807, 2.05) is 6.07 Å². The molecule has 1 saturated carbocycles. The molecule has 96 valence electrons. The van der Waals surface area contributed by atoms with Crippen LogP contribution in [-0.2, 0) is 4.74 Å². The maximum atomic E-state index is 11.6. The minimum Gasteiger partial charge on any atom is -0.440 e. The molecule has 0 radical (unpaired) electrons. The molecular weight excluding hydrogens is 226 g/mol. The highest BCUT2D eigenvalue weighted by molar-refractivity contribution is 5.71. The van der Waals surface area contributed by atoms with Crippen LogP contribution in [0.2, 0.25) is 0 Å². The summed E-state index contributed by atoms with van der Waals surface area (Å²) in [6.07, 6.45) is 4.16. The molecule has 3 nitrogen and oxygen atoms in total. The summed E-state index contributed by atoms with van der Waals surface area (Å²) in [6.45, 7) is 2.06. The molecule has 3 rings (SSSR count). The van der Waals surface area contributed by atoms with Crippen molar-refractivity contribution in [3.8, 4) is 0 Å². The third-order valence-electron chi connectivity index (χ3n) is 4.45. The molecule has 1 saturated heterocycles. The Balaban J connectivity index is 1.98. The van der Waals surface area contributed by atoms with Crippen LogP contribution >= 0.6 is 0 Å². The second-order valence-corrected chi connectivity index (χ2v) is 5.42. The van der Waals surface area contributed by atoms with Crippen molar-refractivity contribution in [1.82, 2.24) is 5.32 Å². The minimum absolute atomic E-state index is 0.0931. The zero-order chi connectivity index (χ0) is 12.6. The Bertz CT molecular complexity index is 445. The van der Waals surface area contributed by atoms with Crippen LogP contribution in [-0.4, -0.2) is 17.7 Å². The minimum atomic E-state index is -0.337. The molecule has 1 heterocycles. The molecular formula is C15H19NO2. The molecule has 2 fully saturated rings. The number of rotatable bonds is 1. The zero-order valence-corrected chi connectivity index (χ0v) is 10.7. The van der Waals surface area contributed by atoms with Crippen molar-refractivity contribution < 1.29 is 9.53 Å². The predicted octanol–water partition coefficient (Wildman–Crippen LogP) is 3.21. The molecule has 3 atom stereocenters. The Kier molecular flexibility index (Phi) is 2.77. The smallest absolute Gasteiger partial charge is 0.408 e. The van der Waals surface area contributed by atoms with Gasteiger partial charge < -0.3 is 10.1 Å². The summed E-state index contributed by atoms with van der Waals surface area (Å²) in [7, 11) is 0. The van der Waals surface area contributed by atoms with E-state index in [-0.39, 0.29) is 17.7 Å². The zero-order valence-electron chi connectivity index (χ0n) is 10.7. The van der Waals surface area contributed by atoms with Crippen LogP contribution < -0.4 is 5.32 Å². The summed E-state index contributed by atoms with van der Waals surface area (Å²) >= 11 is 0. The second kappa shape index (κ2) is 4.30. The summed E-state index contributed by atoms with van der Waals surface area (Å²) < 4.78 is 5.72. The van der Waals surface area contributed by atoms with Gasteiger partial charge in [-0.25, -0.2) is 4.79 Å². The molecule has 2 aliphatic rings. The number of ether oxygens (including phenoxy) is 1. The average Bonchev–Trinajstić information content (AvgIpc) is 2.66. The molecule has 0 aromatic heterocycles. The van der Waals surface area contributed by atoms with Crippen molar-refractivity contribution in [3.05, 3.63) is 35.9 Å². The lowest BCUT2D eigenvalue weighted by atomic mass is 9.69. The van der Waals surface area contributed by atoms with Gasteiger partial charge in [-0.05, 0) is 31.7 Å². The van der Waals surface area contributed by atoms with E-state index in [1.165, 1.54) is 12.0 Å². The average molecular weight is 245 g/mol. The maximum absolute atomic E-state index is 11.6. The number of hydrogen-bond donors (Lipinski definition) is 1. The Labute approximate surface area is 108 Å². The lowest BCUT2D eigenvalue weighted by Crippen LogP contribution is -2.48. The summed E-state index contributed by atoms with van der Waals surface area (Å²) in [5, 5.41) is 2.92. The van der Waals surface area contributed by atoms with E-state index in [9.17, 15) is 4.79 Å². The van der Waals surface area contributed by atoms with Gasteiger partial charge in [0.25, 0.3) is 0 Å². The monoisotopic (exact) mass is 245 g/mol. The third kappa shape index (κ3) is 1.69. The molecule has 1 aromatic rings. The third-order valence-corrected chi connectivity index (χ3v) is 4.45. The number of alkyl carbamates (subject to hydrolysis) is 1. The van der Waals surface area contributed by atoms with Crippen LogP contribution in [0.5, 0.6) is 0 Å². The highest BCUT2D eigenvalue weighted by Crippen LogP contribution is 2.47. The number of benzene rings is 1. The molecule has 3 heteroatoms. The summed E-state index contributed by atoms with van der Waals surface area (Å²) in [4.78, 5) is 11.6. The van der Waals surface area contributed by atoms with Crippen LogP contribution in [0.15, 0.2) is 30.3 Å². The van der Waals surface area contributed by atoms with Crippen molar-refractivity contribution in [2.24, 2.45) is 0 Å². The summed E-state index contributed by atoms with van der Waals surface area (Å²) in [5.74, 6) is 0.321. The van der Waals surface area contributed by atoms with E-state index in [0.29, 0.717) is 5.92 Å². The second-order valence-electron chi connectivity index (χ2n) is 5.42. The van der Waals surface area contributed by atoms with Gasteiger partial charge in [0.1, 0.15) is 5.60 Å². The molecule has 1 aromatic carbocycles. The lowest BCUT2D eigenvalue weighted by molar-refractivity contribution is -0.0112. The van der Waals surface area contributed by atoms with Crippen molar-refractivity contribution in [2.75, 3.05) is 0 Å². The standard InChI is InChI=1S/C15H19NO2/c1-11-15(18-14(17)16-11)10-6-5-9-13(15)12-7-3-2-4-8-12/h2-4,7-8,11,13H,5-6,9-10H2,1H3,(H,16,17). The van der Waals surface area contributed by atoms with Gasteiger partial charge in [-0.2, -0.15) is 0 Å². The van der Waals surface area contributed by atoms with Crippen molar-refractivity contribution in [3.63, 3.8) is 0 Å². The summed E-state index contributed by atoms with van der Waals surface area (Å²) in [6, 6.07) is 10.5. The first-order valence-corrected chi connectivity index (χ1v) is 6.77. The molecule has 1 aliphatic carbocycles. The van der Waals surface area contributed by atoms with Crippen LogP contribution in [0.3, 0.4) is 0 Å². The largest absolute Gasteiger partial charge is 0.440 e. The van der Waals surface area contributed by atoms with E-state index in [2.05, 4.69) is 36.5 Å². The van der Waals surface area contributed by atoms with Crippen LogP contribution in [0.25, 0.3) is 0 Å². The Morgan fingerprint density at radius 3 is 2.72 bits per heavy atom. The van der Waals surface area contributed by atoms with Gasteiger partial charge in [-0.15, -0.1) is 0 Å². The quantitative estimate of drug-likeness (QED) is 0.825. The first-order valence-electron chi connectivity index (χ1n) is 6.77. The fraction of sp³-hybridized carbons (Fsp3) is 0.533. The molecule has 18 heavy (non-hydrogen) atoms. The molecule has 1 spiro atoms. The number of amides is 1. The highest BCUT2D eigenvalue weighted by Gasteiger charge is 2.53. The van der Waals surface area contributed by atoms with E-state index >= 15 is 0 Å². The fourth-order valence-corrected chi connectivity index (χ4v) is 3.53. The van der Waals surface area contributed by atoms with Crippen LogP contribution in [0, 0.1) is 0 Å². The lowest BCUT2D eigenvalue weighted by Gasteiger charge is -2.42. The molecule has 1 aliphatic heterocycles. The van der Waals surface area contributed by atoms with Gasteiger partial charge in [-0.1, -0.05) is 36.8 Å². The fourth-order valence-electron chi connectivity index (χ4n) is 3.53. The Morgan fingerprint density at radius 2 is 2.06 bits per heavy atom. The Morgan fingerprint density at radius 1 is 1.28 bits per heavy atom. The van der Waals surface area contributed by atoms with E-state index in [4.69, 9.17) is 4.74 Å². The van der Waals surface area contributed by atoms with Crippen LogP contribution in [0.4, 0.5) is 4.79 Å². The highest BCUT2D eigenvalue weighted by atomic mass is 16.6. The molecule has 1 N–H and O–H groups in total. The van der Waals surface area contributed by atoms with Gasteiger partial charge in [0.05, 0.1) is 6.04 Å². The van der Waals surface area contributed by atoms with Gasteiger partial charge in [0.2, 0.25) is 0 Å². The first-order chi connectivity index (χ1) is 8.72.